The summed E-state index contributed by atoms with van der Waals surface area (Å²) in [6.45, 7) is 2.94. The lowest BCUT2D eigenvalue weighted by molar-refractivity contribution is 0.0720. The number of likely N-dealkylation sites (tertiary alicyclic amines) is 1. The monoisotopic (exact) mass is 181 g/mol. The predicted molar refractivity (Wildman–Crippen MR) is 49.2 cm³/mol. The smallest absolute Gasteiger partial charge is 0.138 e. The molecule has 13 heavy (non-hydrogen) atoms. The Morgan fingerprint density at radius 2 is 2.38 bits per heavy atom. The normalized spacial score (nSPS) is 19.8. The van der Waals surface area contributed by atoms with Crippen LogP contribution in [0.2, 0.25) is 0 Å². The first kappa shape index (κ1) is 8.72. The fourth-order valence-electron chi connectivity index (χ4n) is 1.59. The highest BCUT2D eigenvalue weighted by Gasteiger charge is 2.20. The molecule has 1 saturated heterocycles. The summed E-state index contributed by atoms with van der Waals surface area (Å²) in [4.78, 5) is 6.35. The van der Waals surface area contributed by atoms with Crippen molar-refractivity contribution < 1.29 is 5.11 Å². The largest absolute Gasteiger partial charge is 0.384 e. The molecule has 1 aromatic rings. The van der Waals surface area contributed by atoms with Crippen LogP contribution in [0.4, 0.5) is 0 Å². The van der Waals surface area contributed by atoms with E-state index in [0.29, 0.717) is 6.54 Å². The maximum absolute atomic E-state index is 9.80. The molecule has 1 aromatic heterocycles. The van der Waals surface area contributed by atoms with Gasteiger partial charge in [-0.2, -0.15) is 0 Å². The first-order valence-corrected chi connectivity index (χ1v) is 4.65. The van der Waals surface area contributed by atoms with Crippen molar-refractivity contribution in [3.8, 4) is 0 Å². The number of rotatable bonds is 3. The highest BCUT2D eigenvalue weighted by molar-refractivity contribution is 4.96. The van der Waals surface area contributed by atoms with Gasteiger partial charge < -0.3 is 14.6 Å². The standard InChI is InChI=1S/C9H15N3O/c1-11-6-3-10-9(11)8(13)7-12-4-2-5-12/h3,6,8,13H,2,4-5,7H2,1H3. The predicted octanol–water partition coefficient (Wildman–Crippen LogP) is 0.159. The molecular formula is C9H15N3O. The summed E-state index contributed by atoms with van der Waals surface area (Å²) in [6.07, 6.45) is 4.39. The molecular weight excluding hydrogens is 166 g/mol. The second-order valence-corrected chi connectivity index (χ2v) is 3.57. The van der Waals surface area contributed by atoms with Crippen molar-refractivity contribution in [1.82, 2.24) is 14.5 Å². The van der Waals surface area contributed by atoms with Crippen LogP contribution in [-0.4, -0.2) is 39.2 Å². The van der Waals surface area contributed by atoms with Gasteiger partial charge in [-0.15, -0.1) is 0 Å². The molecule has 4 nitrogen and oxygen atoms in total. The van der Waals surface area contributed by atoms with E-state index < -0.39 is 6.10 Å². The number of aryl methyl sites for hydroxylation is 1. The first-order valence-electron chi connectivity index (χ1n) is 4.65. The van der Waals surface area contributed by atoms with Gasteiger partial charge in [0.1, 0.15) is 11.9 Å². The second kappa shape index (κ2) is 3.47. The molecule has 0 aromatic carbocycles. The fraction of sp³-hybridized carbons (Fsp3) is 0.667. The van der Waals surface area contributed by atoms with Crippen LogP contribution in [0.1, 0.15) is 18.3 Å². The molecule has 0 aliphatic carbocycles. The minimum absolute atomic E-state index is 0.444. The zero-order valence-electron chi connectivity index (χ0n) is 7.85. The van der Waals surface area contributed by atoms with Gasteiger partial charge >= 0.3 is 0 Å². The molecule has 0 saturated carbocycles. The third-order valence-electron chi connectivity index (χ3n) is 2.54. The highest BCUT2D eigenvalue weighted by atomic mass is 16.3. The molecule has 0 bridgehead atoms. The van der Waals surface area contributed by atoms with Crippen LogP contribution in [0.15, 0.2) is 12.4 Å². The van der Waals surface area contributed by atoms with E-state index in [1.165, 1.54) is 6.42 Å². The van der Waals surface area contributed by atoms with Gasteiger partial charge in [-0.3, -0.25) is 0 Å². The van der Waals surface area contributed by atoms with E-state index in [-0.39, 0.29) is 0 Å². The van der Waals surface area contributed by atoms with E-state index in [9.17, 15) is 5.11 Å². The summed E-state index contributed by atoms with van der Waals surface area (Å²) in [7, 11) is 1.90. The summed E-state index contributed by atoms with van der Waals surface area (Å²) in [5.41, 5.74) is 0. The Morgan fingerprint density at radius 3 is 2.85 bits per heavy atom. The first-order chi connectivity index (χ1) is 6.27. The number of β-amino-alcohol motifs (C(OH)–C–C–N with tert-alkyl or cyclic N) is 1. The van der Waals surface area contributed by atoms with Crippen LogP contribution in [0.3, 0.4) is 0 Å². The average molecular weight is 181 g/mol. The van der Waals surface area contributed by atoms with Crippen molar-refractivity contribution in [2.45, 2.75) is 12.5 Å². The van der Waals surface area contributed by atoms with Crippen molar-refractivity contribution >= 4 is 0 Å². The molecule has 4 heteroatoms. The summed E-state index contributed by atoms with van der Waals surface area (Å²) < 4.78 is 1.87. The van der Waals surface area contributed by atoms with Crippen LogP contribution >= 0.6 is 0 Å². The maximum atomic E-state index is 9.80. The van der Waals surface area contributed by atoms with Crippen molar-refractivity contribution in [2.24, 2.45) is 7.05 Å². The zero-order chi connectivity index (χ0) is 9.26. The Hall–Kier alpha value is -0.870. The Labute approximate surface area is 77.8 Å². The molecule has 1 aliphatic rings. The molecule has 72 valence electrons. The minimum Gasteiger partial charge on any atom is -0.384 e. The molecule has 0 radical (unpaired) electrons. The summed E-state index contributed by atoms with van der Waals surface area (Å²) in [5.74, 6) is 0.756. The van der Waals surface area contributed by atoms with Gasteiger partial charge in [0, 0.05) is 26.0 Å². The average Bonchev–Trinajstić information content (AvgIpc) is 2.43. The summed E-state index contributed by atoms with van der Waals surface area (Å²) in [5, 5.41) is 9.80. The number of imidazole rings is 1. The lowest BCUT2D eigenvalue weighted by Crippen LogP contribution is -2.40. The number of nitrogens with zero attached hydrogens (tertiary/aromatic N) is 3. The van der Waals surface area contributed by atoms with E-state index in [0.717, 1.165) is 18.9 Å². The zero-order valence-corrected chi connectivity index (χ0v) is 7.85. The van der Waals surface area contributed by atoms with E-state index >= 15 is 0 Å². The summed E-state index contributed by atoms with van der Waals surface area (Å²) in [6, 6.07) is 0. The van der Waals surface area contributed by atoms with E-state index in [1.807, 2.05) is 17.8 Å². The number of aromatic nitrogens is 2. The van der Waals surface area contributed by atoms with Crippen molar-refractivity contribution in [3.63, 3.8) is 0 Å². The van der Waals surface area contributed by atoms with Crippen LogP contribution in [0.5, 0.6) is 0 Å². The van der Waals surface area contributed by atoms with E-state index in [2.05, 4.69) is 9.88 Å². The molecule has 2 rings (SSSR count). The molecule has 1 N–H and O–H groups in total. The fourth-order valence-corrected chi connectivity index (χ4v) is 1.59. The number of aliphatic hydroxyl groups excluding tert-OH is 1. The lowest BCUT2D eigenvalue weighted by atomic mass is 10.2. The Balaban J connectivity index is 1.96. The van der Waals surface area contributed by atoms with Gasteiger partial charge in [0.25, 0.3) is 0 Å². The molecule has 2 heterocycles. The number of aliphatic hydroxyl groups is 1. The van der Waals surface area contributed by atoms with Gasteiger partial charge in [0.05, 0.1) is 0 Å². The lowest BCUT2D eigenvalue weighted by Gasteiger charge is -2.32. The third-order valence-corrected chi connectivity index (χ3v) is 2.54. The minimum atomic E-state index is -0.444. The molecule has 1 atom stereocenters. The second-order valence-electron chi connectivity index (χ2n) is 3.57. The van der Waals surface area contributed by atoms with Crippen LogP contribution < -0.4 is 0 Å². The topological polar surface area (TPSA) is 41.3 Å². The van der Waals surface area contributed by atoms with Gasteiger partial charge in [-0.1, -0.05) is 0 Å². The van der Waals surface area contributed by atoms with E-state index in [1.54, 1.807) is 6.20 Å². The van der Waals surface area contributed by atoms with Gasteiger partial charge in [-0.05, 0) is 19.5 Å². The molecule has 1 fully saturated rings. The maximum Gasteiger partial charge on any atom is 0.138 e. The van der Waals surface area contributed by atoms with Crippen molar-refractivity contribution in [1.29, 1.82) is 0 Å². The Morgan fingerprint density at radius 1 is 1.62 bits per heavy atom. The number of hydrogen-bond acceptors (Lipinski definition) is 3. The molecule has 0 amide bonds. The Kier molecular flexibility index (Phi) is 2.33. The van der Waals surface area contributed by atoms with Crippen LogP contribution in [0.25, 0.3) is 0 Å². The van der Waals surface area contributed by atoms with Crippen molar-refractivity contribution in [3.05, 3.63) is 18.2 Å². The number of hydrogen-bond donors (Lipinski definition) is 1. The highest BCUT2D eigenvalue weighted by Crippen LogP contribution is 2.15. The third kappa shape index (κ3) is 1.73. The Bertz CT molecular complexity index is 280. The molecule has 1 aliphatic heterocycles. The van der Waals surface area contributed by atoms with Crippen LogP contribution in [0, 0.1) is 0 Å². The SMILES string of the molecule is Cn1ccnc1C(O)CN1CCC1. The van der Waals surface area contributed by atoms with Gasteiger partial charge in [-0.25, -0.2) is 4.98 Å². The molecule has 1 unspecified atom stereocenters. The summed E-state index contributed by atoms with van der Waals surface area (Å²) >= 11 is 0. The quantitative estimate of drug-likeness (QED) is 0.722. The van der Waals surface area contributed by atoms with Gasteiger partial charge in [0.2, 0.25) is 0 Å². The van der Waals surface area contributed by atoms with Crippen molar-refractivity contribution in [2.75, 3.05) is 19.6 Å². The van der Waals surface area contributed by atoms with Gasteiger partial charge in [0.15, 0.2) is 0 Å². The van der Waals surface area contributed by atoms with Crippen LogP contribution in [-0.2, 0) is 7.05 Å². The molecule has 0 spiro atoms. The van der Waals surface area contributed by atoms with E-state index in [4.69, 9.17) is 0 Å².